The first kappa shape index (κ1) is 11.5. The van der Waals surface area contributed by atoms with Crippen LogP contribution in [0.2, 0.25) is 0 Å². The largest absolute Gasteiger partial charge is 0.469 e. The summed E-state index contributed by atoms with van der Waals surface area (Å²) in [5.41, 5.74) is -0.610. The Kier molecular flexibility index (Phi) is 3.53. The second kappa shape index (κ2) is 4.30. The minimum absolute atomic E-state index is 0.0543. The zero-order valence-electron chi connectivity index (χ0n) is 9.25. The molecule has 3 nitrogen and oxygen atoms in total. The molecule has 0 spiro atoms. The summed E-state index contributed by atoms with van der Waals surface area (Å²) < 4.78 is 4.71. The third-order valence-corrected chi connectivity index (χ3v) is 3.26. The standard InChI is InChI=1S/C11H20O3/c1-11(2,13)9-6-4-8(5-7-9)10(12)14-3/h8-9,13H,4-7H2,1-3H3. The monoisotopic (exact) mass is 200 g/mol. The van der Waals surface area contributed by atoms with E-state index >= 15 is 0 Å². The highest BCUT2D eigenvalue weighted by atomic mass is 16.5. The summed E-state index contributed by atoms with van der Waals surface area (Å²) >= 11 is 0. The maximum atomic E-state index is 11.2. The van der Waals surface area contributed by atoms with Crippen molar-refractivity contribution in [3.05, 3.63) is 0 Å². The Morgan fingerprint density at radius 3 is 2.14 bits per heavy atom. The lowest BCUT2D eigenvalue weighted by Crippen LogP contribution is -2.35. The van der Waals surface area contributed by atoms with Gasteiger partial charge in [0.2, 0.25) is 0 Å². The Morgan fingerprint density at radius 1 is 1.29 bits per heavy atom. The second-order valence-electron chi connectivity index (χ2n) is 4.73. The molecule has 1 aliphatic rings. The number of carbonyl (C=O) groups is 1. The number of ether oxygens (including phenoxy) is 1. The third-order valence-electron chi connectivity index (χ3n) is 3.26. The first-order valence-electron chi connectivity index (χ1n) is 5.25. The van der Waals surface area contributed by atoms with E-state index in [-0.39, 0.29) is 11.9 Å². The molecular formula is C11H20O3. The minimum Gasteiger partial charge on any atom is -0.469 e. The molecule has 0 bridgehead atoms. The number of hydrogen-bond acceptors (Lipinski definition) is 3. The van der Waals surface area contributed by atoms with Gasteiger partial charge in [0, 0.05) is 0 Å². The van der Waals surface area contributed by atoms with Gasteiger partial charge in [0.15, 0.2) is 0 Å². The smallest absolute Gasteiger partial charge is 0.308 e. The molecule has 1 fully saturated rings. The average Bonchev–Trinajstić information content (AvgIpc) is 2.15. The van der Waals surface area contributed by atoms with Crippen LogP contribution in [0, 0.1) is 11.8 Å². The van der Waals surface area contributed by atoms with Crippen LogP contribution < -0.4 is 0 Å². The maximum absolute atomic E-state index is 11.2. The van der Waals surface area contributed by atoms with Gasteiger partial charge in [0.1, 0.15) is 0 Å². The van der Waals surface area contributed by atoms with Gasteiger partial charge in [0.05, 0.1) is 18.6 Å². The highest BCUT2D eigenvalue weighted by Crippen LogP contribution is 2.35. The lowest BCUT2D eigenvalue weighted by molar-refractivity contribution is -0.147. The summed E-state index contributed by atoms with van der Waals surface area (Å²) in [7, 11) is 1.43. The fourth-order valence-electron chi connectivity index (χ4n) is 2.20. The molecule has 1 aliphatic carbocycles. The van der Waals surface area contributed by atoms with Gasteiger partial charge in [-0.15, -0.1) is 0 Å². The van der Waals surface area contributed by atoms with Gasteiger partial charge in [-0.25, -0.2) is 0 Å². The lowest BCUT2D eigenvalue weighted by Gasteiger charge is -2.34. The predicted octanol–water partition coefficient (Wildman–Crippen LogP) is 1.74. The summed E-state index contributed by atoms with van der Waals surface area (Å²) in [6.45, 7) is 3.69. The minimum atomic E-state index is -0.610. The predicted molar refractivity (Wildman–Crippen MR) is 53.8 cm³/mol. The van der Waals surface area contributed by atoms with E-state index in [2.05, 4.69) is 0 Å². The number of aliphatic hydroxyl groups is 1. The van der Waals surface area contributed by atoms with Crippen LogP contribution in [0.4, 0.5) is 0 Å². The van der Waals surface area contributed by atoms with E-state index in [0.717, 1.165) is 25.7 Å². The Bertz CT molecular complexity index is 197. The van der Waals surface area contributed by atoms with Crippen molar-refractivity contribution in [2.75, 3.05) is 7.11 Å². The summed E-state index contributed by atoms with van der Waals surface area (Å²) in [6.07, 6.45) is 3.54. The highest BCUT2D eigenvalue weighted by Gasteiger charge is 2.33. The zero-order valence-corrected chi connectivity index (χ0v) is 9.25. The van der Waals surface area contributed by atoms with Crippen molar-refractivity contribution in [2.45, 2.75) is 45.1 Å². The van der Waals surface area contributed by atoms with Crippen LogP contribution in [0.5, 0.6) is 0 Å². The Labute approximate surface area is 85.5 Å². The molecule has 0 heterocycles. The van der Waals surface area contributed by atoms with Crippen molar-refractivity contribution in [1.82, 2.24) is 0 Å². The second-order valence-corrected chi connectivity index (χ2v) is 4.73. The van der Waals surface area contributed by atoms with Crippen LogP contribution >= 0.6 is 0 Å². The van der Waals surface area contributed by atoms with Gasteiger partial charge >= 0.3 is 5.97 Å². The van der Waals surface area contributed by atoms with Crippen LogP contribution in [0.1, 0.15) is 39.5 Å². The van der Waals surface area contributed by atoms with Crippen molar-refractivity contribution in [3.63, 3.8) is 0 Å². The van der Waals surface area contributed by atoms with E-state index < -0.39 is 5.60 Å². The summed E-state index contributed by atoms with van der Waals surface area (Å²) in [4.78, 5) is 11.2. The van der Waals surface area contributed by atoms with E-state index in [9.17, 15) is 9.90 Å². The molecule has 14 heavy (non-hydrogen) atoms. The highest BCUT2D eigenvalue weighted by molar-refractivity contribution is 5.72. The molecule has 0 aliphatic heterocycles. The van der Waals surface area contributed by atoms with Crippen LogP contribution in [-0.2, 0) is 9.53 Å². The van der Waals surface area contributed by atoms with Crippen LogP contribution in [0.3, 0.4) is 0 Å². The van der Waals surface area contributed by atoms with E-state index in [1.165, 1.54) is 7.11 Å². The van der Waals surface area contributed by atoms with Crippen molar-refractivity contribution < 1.29 is 14.6 Å². The first-order valence-corrected chi connectivity index (χ1v) is 5.25. The van der Waals surface area contributed by atoms with Gasteiger partial charge in [-0.05, 0) is 45.4 Å². The Balaban J connectivity index is 2.43. The molecule has 1 rings (SSSR count). The fourth-order valence-corrected chi connectivity index (χ4v) is 2.20. The van der Waals surface area contributed by atoms with Crippen LogP contribution in [0.25, 0.3) is 0 Å². The van der Waals surface area contributed by atoms with Gasteiger partial charge in [-0.3, -0.25) is 4.79 Å². The first-order chi connectivity index (χ1) is 6.45. The van der Waals surface area contributed by atoms with E-state index in [1.54, 1.807) is 0 Å². The van der Waals surface area contributed by atoms with E-state index in [4.69, 9.17) is 4.74 Å². The van der Waals surface area contributed by atoms with Crippen molar-refractivity contribution in [2.24, 2.45) is 11.8 Å². The molecule has 0 saturated heterocycles. The molecule has 0 unspecified atom stereocenters. The summed E-state index contributed by atoms with van der Waals surface area (Å²) in [5.74, 6) is 0.279. The fraction of sp³-hybridized carbons (Fsp3) is 0.909. The van der Waals surface area contributed by atoms with E-state index in [1.807, 2.05) is 13.8 Å². The molecular weight excluding hydrogens is 180 g/mol. The number of hydrogen-bond donors (Lipinski definition) is 1. The molecule has 3 heteroatoms. The van der Waals surface area contributed by atoms with Crippen molar-refractivity contribution >= 4 is 5.97 Å². The average molecular weight is 200 g/mol. The van der Waals surface area contributed by atoms with Gasteiger partial charge in [0.25, 0.3) is 0 Å². The number of carbonyl (C=O) groups excluding carboxylic acids is 1. The maximum Gasteiger partial charge on any atom is 0.308 e. The number of esters is 1. The SMILES string of the molecule is COC(=O)C1CCC(C(C)(C)O)CC1. The summed E-state index contributed by atoms with van der Waals surface area (Å²) in [5, 5.41) is 9.81. The number of rotatable bonds is 2. The Hall–Kier alpha value is -0.570. The molecule has 1 saturated carbocycles. The van der Waals surface area contributed by atoms with Gasteiger partial charge in [-0.2, -0.15) is 0 Å². The Morgan fingerprint density at radius 2 is 1.79 bits per heavy atom. The van der Waals surface area contributed by atoms with Crippen LogP contribution in [0.15, 0.2) is 0 Å². The molecule has 0 atom stereocenters. The lowest BCUT2D eigenvalue weighted by atomic mass is 9.75. The van der Waals surface area contributed by atoms with E-state index in [0.29, 0.717) is 5.92 Å². The number of methoxy groups -OCH3 is 1. The zero-order chi connectivity index (χ0) is 10.8. The molecule has 0 aromatic carbocycles. The van der Waals surface area contributed by atoms with Crippen molar-refractivity contribution in [1.29, 1.82) is 0 Å². The molecule has 0 aromatic heterocycles. The van der Waals surface area contributed by atoms with Gasteiger partial charge in [-0.1, -0.05) is 0 Å². The van der Waals surface area contributed by atoms with Crippen LogP contribution in [-0.4, -0.2) is 23.8 Å². The summed E-state index contributed by atoms with van der Waals surface area (Å²) in [6, 6.07) is 0. The topological polar surface area (TPSA) is 46.5 Å². The normalized spacial score (nSPS) is 28.6. The third kappa shape index (κ3) is 2.71. The molecule has 0 aromatic rings. The van der Waals surface area contributed by atoms with Crippen molar-refractivity contribution in [3.8, 4) is 0 Å². The quantitative estimate of drug-likeness (QED) is 0.691. The molecule has 82 valence electrons. The molecule has 0 amide bonds. The molecule has 1 N–H and O–H groups in total. The molecule has 0 radical (unpaired) electrons. The van der Waals surface area contributed by atoms with Gasteiger partial charge < -0.3 is 9.84 Å².